The van der Waals surface area contributed by atoms with Crippen LogP contribution in [0.5, 0.6) is 0 Å². The van der Waals surface area contributed by atoms with Gasteiger partial charge in [-0.3, -0.25) is 0 Å². The van der Waals surface area contributed by atoms with Crippen LogP contribution in [0.3, 0.4) is 0 Å². The Morgan fingerprint density at radius 3 is 2.41 bits per heavy atom. The number of nitriles is 1. The highest BCUT2D eigenvalue weighted by Gasteiger charge is 2.22. The molecule has 3 nitrogen and oxygen atoms in total. The van der Waals surface area contributed by atoms with Gasteiger partial charge in [0.15, 0.2) is 0 Å². The van der Waals surface area contributed by atoms with Crippen molar-refractivity contribution in [3.8, 4) is 6.07 Å². The summed E-state index contributed by atoms with van der Waals surface area (Å²) in [7, 11) is 0. The lowest BCUT2D eigenvalue weighted by atomic mass is 10.1. The van der Waals surface area contributed by atoms with E-state index in [0.717, 1.165) is 12.1 Å². The van der Waals surface area contributed by atoms with E-state index in [1.807, 2.05) is 18.2 Å². The van der Waals surface area contributed by atoms with Gasteiger partial charge in [0.25, 0.3) is 0 Å². The van der Waals surface area contributed by atoms with Gasteiger partial charge in [0.1, 0.15) is 32.7 Å². The zero-order valence-electron chi connectivity index (χ0n) is 10.5. The van der Waals surface area contributed by atoms with Crippen molar-refractivity contribution in [2.24, 2.45) is 0 Å². The summed E-state index contributed by atoms with van der Waals surface area (Å²) in [4.78, 5) is 3.33. The molecular formula is C14H21N3+2. The number of benzene rings is 1. The Balaban J connectivity index is 1.96. The number of hydrogen-bond acceptors (Lipinski definition) is 1. The van der Waals surface area contributed by atoms with Gasteiger partial charge < -0.3 is 9.80 Å². The predicted molar refractivity (Wildman–Crippen MR) is 66.8 cm³/mol. The molecule has 1 aliphatic heterocycles. The fourth-order valence-corrected chi connectivity index (χ4v) is 2.54. The van der Waals surface area contributed by atoms with Gasteiger partial charge in [-0.25, -0.2) is 0 Å². The van der Waals surface area contributed by atoms with Gasteiger partial charge in [0.2, 0.25) is 0 Å². The third kappa shape index (κ3) is 3.06. The number of rotatable bonds is 3. The van der Waals surface area contributed by atoms with Crippen LogP contribution >= 0.6 is 0 Å². The highest BCUT2D eigenvalue weighted by Crippen LogP contribution is 2.05. The minimum Gasteiger partial charge on any atom is -0.326 e. The second-order valence-electron chi connectivity index (χ2n) is 4.80. The monoisotopic (exact) mass is 231 g/mol. The van der Waals surface area contributed by atoms with Gasteiger partial charge in [0.05, 0.1) is 18.2 Å². The van der Waals surface area contributed by atoms with Crippen molar-refractivity contribution in [2.45, 2.75) is 13.5 Å². The van der Waals surface area contributed by atoms with Crippen LogP contribution in [0.2, 0.25) is 0 Å². The van der Waals surface area contributed by atoms with E-state index in [1.165, 1.54) is 38.3 Å². The molecule has 1 fully saturated rings. The largest absolute Gasteiger partial charge is 0.326 e. The minimum absolute atomic E-state index is 0.838. The molecule has 0 unspecified atom stereocenters. The minimum atomic E-state index is 0.838. The third-order valence-electron chi connectivity index (χ3n) is 3.74. The van der Waals surface area contributed by atoms with E-state index in [1.54, 1.807) is 9.80 Å². The number of nitrogens with zero attached hydrogens (tertiary/aromatic N) is 1. The average Bonchev–Trinajstić information content (AvgIpc) is 2.40. The summed E-state index contributed by atoms with van der Waals surface area (Å²) in [5.41, 5.74) is 2.04. The topological polar surface area (TPSA) is 32.7 Å². The van der Waals surface area contributed by atoms with E-state index in [-0.39, 0.29) is 0 Å². The second kappa shape index (κ2) is 5.81. The van der Waals surface area contributed by atoms with Crippen LogP contribution < -0.4 is 9.80 Å². The van der Waals surface area contributed by atoms with Gasteiger partial charge in [-0.05, 0) is 13.0 Å². The number of quaternary nitrogens is 2. The van der Waals surface area contributed by atoms with Gasteiger partial charge in [0, 0.05) is 5.56 Å². The Morgan fingerprint density at radius 1 is 1.12 bits per heavy atom. The summed E-state index contributed by atoms with van der Waals surface area (Å²) in [6.45, 7) is 9.47. The summed E-state index contributed by atoms with van der Waals surface area (Å²) >= 11 is 0. The molecule has 2 rings (SSSR count). The van der Waals surface area contributed by atoms with Gasteiger partial charge in [-0.1, -0.05) is 18.2 Å². The molecule has 3 heteroatoms. The Hall–Kier alpha value is -1.37. The van der Waals surface area contributed by atoms with Gasteiger partial charge >= 0.3 is 0 Å². The van der Waals surface area contributed by atoms with E-state index >= 15 is 0 Å². The van der Waals surface area contributed by atoms with Crippen molar-refractivity contribution in [3.05, 3.63) is 35.4 Å². The van der Waals surface area contributed by atoms with Crippen molar-refractivity contribution in [1.29, 1.82) is 5.26 Å². The first-order valence-electron chi connectivity index (χ1n) is 6.48. The van der Waals surface area contributed by atoms with Crippen molar-refractivity contribution < 1.29 is 9.80 Å². The van der Waals surface area contributed by atoms with Crippen molar-refractivity contribution in [3.63, 3.8) is 0 Å². The molecule has 0 aromatic heterocycles. The molecule has 1 heterocycles. The summed E-state index contributed by atoms with van der Waals surface area (Å²) in [6, 6.07) is 10.3. The van der Waals surface area contributed by atoms with E-state index in [0.29, 0.717) is 0 Å². The quantitative estimate of drug-likeness (QED) is 0.677. The fraction of sp³-hybridized carbons (Fsp3) is 0.500. The molecule has 0 amide bonds. The summed E-state index contributed by atoms with van der Waals surface area (Å²) < 4.78 is 0. The lowest BCUT2D eigenvalue weighted by Crippen LogP contribution is -3.27. The maximum atomic E-state index is 9.06. The summed E-state index contributed by atoms with van der Waals surface area (Å²) in [6.07, 6.45) is 0. The first-order chi connectivity index (χ1) is 8.33. The Labute approximate surface area is 103 Å². The molecule has 0 atom stereocenters. The highest BCUT2D eigenvalue weighted by molar-refractivity contribution is 5.36. The van der Waals surface area contributed by atoms with Gasteiger partial charge in [-0.15, -0.1) is 0 Å². The molecule has 0 saturated carbocycles. The molecule has 1 aromatic rings. The average molecular weight is 231 g/mol. The third-order valence-corrected chi connectivity index (χ3v) is 3.74. The molecule has 17 heavy (non-hydrogen) atoms. The highest BCUT2D eigenvalue weighted by atomic mass is 15.3. The van der Waals surface area contributed by atoms with Crippen LogP contribution in [0, 0.1) is 11.3 Å². The lowest BCUT2D eigenvalue weighted by molar-refractivity contribution is -1.02. The maximum Gasteiger partial charge on any atom is 0.127 e. The molecule has 0 aliphatic carbocycles. The van der Waals surface area contributed by atoms with Crippen LogP contribution in [0.25, 0.3) is 0 Å². The van der Waals surface area contributed by atoms with E-state index in [4.69, 9.17) is 5.26 Å². The number of hydrogen-bond donors (Lipinski definition) is 2. The molecule has 1 aliphatic rings. The zero-order valence-corrected chi connectivity index (χ0v) is 10.5. The number of nitrogens with one attached hydrogen (secondary N) is 2. The van der Waals surface area contributed by atoms with Crippen LogP contribution in [-0.2, 0) is 6.54 Å². The Kier molecular flexibility index (Phi) is 4.13. The number of piperazine rings is 1. The van der Waals surface area contributed by atoms with E-state index in [9.17, 15) is 0 Å². The van der Waals surface area contributed by atoms with E-state index < -0.39 is 0 Å². The maximum absolute atomic E-state index is 9.06. The fourth-order valence-electron chi connectivity index (χ4n) is 2.54. The van der Waals surface area contributed by atoms with Gasteiger partial charge in [-0.2, -0.15) is 5.26 Å². The Bertz CT molecular complexity index is 400. The van der Waals surface area contributed by atoms with Crippen molar-refractivity contribution in [1.82, 2.24) is 0 Å². The second-order valence-corrected chi connectivity index (χ2v) is 4.80. The Morgan fingerprint density at radius 2 is 1.76 bits per heavy atom. The zero-order chi connectivity index (χ0) is 12.1. The number of likely N-dealkylation sites (N-methyl/N-ethyl adjacent to an activating group) is 1. The van der Waals surface area contributed by atoms with Crippen LogP contribution in [0.15, 0.2) is 24.3 Å². The predicted octanol–water partition coefficient (Wildman–Crippen LogP) is -1.14. The molecule has 90 valence electrons. The van der Waals surface area contributed by atoms with Crippen LogP contribution in [0.1, 0.15) is 18.1 Å². The summed E-state index contributed by atoms with van der Waals surface area (Å²) in [5.74, 6) is 0. The van der Waals surface area contributed by atoms with Crippen molar-refractivity contribution in [2.75, 3.05) is 32.7 Å². The standard InChI is InChI=1S/C14H19N3/c1-2-16-7-9-17(10-8-16)12-14-6-4-3-5-13(14)11-15/h3-6H,2,7-10,12H2,1H3/p+2. The SMILES string of the molecule is CC[NH+]1CC[NH+](Cc2ccccc2C#N)CC1. The lowest BCUT2D eigenvalue weighted by Gasteiger charge is -2.29. The molecule has 1 aromatic carbocycles. The van der Waals surface area contributed by atoms with Crippen LogP contribution in [-0.4, -0.2) is 32.7 Å². The van der Waals surface area contributed by atoms with E-state index in [2.05, 4.69) is 19.1 Å². The molecule has 0 spiro atoms. The molecule has 0 radical (unpaired) electrons. The van der Waals surface area contributed by atoms with Crippen LogP contribution in [0.4, 0.5) is 0 Å². The smallest absolute Gasteiger partial charge is 0.127 e. The normalized spacial score (nSPS) is 24.2. The first-order valence-corrected chi connectivity index (χ1v) is 6.48. The van der Waals surface area contributed by atoms with Crippen molar-refractivity contribution >= 4 is 0 Å². The molecule has 2 N–H and O–H groups in total. The molecular weight excluding hydrogens is 210 g/mol. The molecule has 0 bridgehead atoms. The summed E-state index contributed by atoms with van der Waals surface area (Å²) in [5, 5.41) is 9.06. The first kappa shape index (κ1) is 12.1. The molecule has 1 saturated heterocycles.